The van der Waals surface area contributed by atoms with Crippen LogP contribution in [0.15, 0.2) is 24.4 Å². The van der Waals surface area contributed by atoms with E-state index < -0.39 is 0 Å². The van der Waals surface area contributed by atoms with Gasteiger partial charge in [0.15, 0.2) is 0 Å². The highest BCUT2D eigenvalue weighted by atomic mass is 16.1. The van der Waals surface area contributed by atoms with Gasteiger partial charge in [0.2, 0.25) is 0 Å². The number of unbranched alkanes of at least 4 members (excludes halogenated alkanes) is 3. The average molecular weight is 205 g/mol. The molecule has 0 amide bonds. The van der Waals surface area contributed by atoms with Crippen molar-refractivity contribution in [1.82, 2.24) is 4.98 Å². The Bertz CT molecular complexity index is 282. The summed E-state index contributed by atoms with van der Waals surface area (Å²) in [6, 6.07) is 5.70. The van der Waals surface area contributed by atoms with E-state index >= 15 is 0 Å². The smallest absolute Gasteiger partial charge is 0.138 e. The van der Waals surface area contributed by atoms with Gasteiger partial charge in [-0.15, -0.1) is 0 Å². The first kappa shape index (κ1) is 11.9. The maximum atomic E-state index is 11.5. The normalized spacial score (nSPS) is 10.2. The molecule has 0 aromatic carbocycles. The first-order valence-electron chi connectivity index (χ1n) is 5.74. The Balaban J connectivity index is 2.19. The number of pyridine rings is 1. The molecule has 1 rings (SSSR count). The molecule has 0 aliphatic carbocycles. The molecule has 1 heterocycles. The predicted molar refractivity (Wildman–Crippen MR) is 61.7 cm³/mol. The maximum Gasteiger partial charge on any atom is 0.138 e. The number of nitrogens with zero attached hydrogens (tertiary/aromatic N) is 1. The van der Waals surface area contributed by atoms with Gasteiger partial charge < -0.3 is 0 Å². The number of carbonyl (C=O) groups is 1. The van der Waals surface area contributed by atoms with Crippen LogP contribution in [0.2, 0.25) is 0 Å². The van der Waals surface area contributed by atoms with Crippen molar-refractivity contribution in [2.75, 3.05) is 0 Å². The molecule has 82 valence electrons. The fourth-order valence-electron chi connectivity index (χ4n) is 1.54. The zero-order chi connectivity index (χ0) is 10.9. The van der Waals surface area contributed by atoms with Gasteiger partial charge in [0.25, 0.3) is 0 Å². The number of hydrogen-bond donors (Lipinski definition) is 0. The summed E-state index contributed by atoms with van der Waals surface area (Å²) in [5.74, 6) is 0.310. The fourth-order valence-corrected chi connectivity index (χ4v) is 1.54. The van der Waals surface area contributed by atoms with Crippen molar-refractivity contribution in [1.29, 1.82) is 0 Å². The minimum atomic E-state index is 0.310. The predicted octanol–water partition coefficient (Wildman–Crippen LogP) is 3.16. The van der Waals surface area contributed by atoms with Crippen LogP contribution in [0, 0.1) is 0 Å². The highest BCUT2D eigenvalue weighted by Gasteiger charge is 2.03. The number of aromatic nitrogens is 1. The molecule has 0 spiro atoms. The van der Waals surface area contributed by atoms with E-state index in [1.165, 1.54) is 19.3 Å². The molecule has 1 aromatic rings. The highest BCUT2D eigenvalue weighted by Crippen LogP contribution is 2.05. The van der Waals surface area contributed by atoms with Gasteiger partial charge in [0.05, 0.1) is 0 Å². The molecule has 0 bridgehead atoms. The summed E-state index contributed by atoms with van der Waals surface area (Å²) in [5, 5.41) is 0. The molecular formula is C13H19NO. The van der Waals surface area contributed by atoms with Crippen molar-refractivity contribution in [3.63, 3.8) is 0 Å². The summed E-state index contributed by atoms with van der Waals surface area (Å²) in [5.41, 5.74) is 0.887. The van der Waals surface area contributed by atoms with Crippen molar-refractivity contribution in [3.8, 4) is 0 Å². The molecule has 15 heavy (non-hydrogen) atoms. The largest absolute Gasteiger partial charge is 0.299 e. The van der Waals surface area contributed by atoms with Crippen molar-refractivity contribution >= 4 is 5.78 Å². The fraction of sp³-hybridized carbons (Fsp3) is 0.538. The van der Waals surface area contributed by atoms with E-state index in [4.69, 9.17) is 0 Å². The summed E-state index contributed by atoms with van der Waals surface area (Å²) in [4.78, 5) is 15.7. The molecule has 0 saturated carbocycles. The van der Waals surface area contributed by atoms with Crippen LogP contribution in [0.4, 0.5) is 0 Å². The van der Waals surface area contributed by atoms with E-state index in [1.54, 1.807) is 6.20 Å². The Morgan fingerprint density at radius 1 is 1.27 bits per heavy atom. The van der Waals surface area contributed by atoms with Crippen LogP contribution in [0.1, 0.15) is 44.7 Å². The van der Waals surface area contributed by atoms with Crippen molar-refractivity contribution in [3.05, 3.63) is 30.1 Å². The molecule has 0 radical (unpaired) electrons. The van der Waals surface area contributed by atoms with Crippen molar-refractivity contribution in [2.24, 2.45) is 0 Å². The summed E-state index contributed by atoms with van der Waals surface area (Å²) in [6.45, 7) is 2.18. The molecule has 1 aromatic heterocycles. The Morgan fingerprint density at radius 3 is 2.80 bits per heavy atom. The summed E-state index contributed by atoms with van der Waals surface area (Å²) >= 11 is 0. The van der Waals surface area contributed by atoms with E-state index in [1.807, 2.05) is 18.2 Å². The zero-order valence-electron chi connectivity index (χ0n) is 9.41. The Hall–Kier alpha value is -1.18. The molecule has 0 fully saturated rings. The maximum absolute atomic E-state index is 11.5. The number of hydrogen-bond acceptors (Lipinski definition) is 2. The first-order chi connectivity index (χ1) is 7.33. The van der Waals surface area contributed by atoms with Gasteiger partial charge in [0, 0.05) is 24.7 Å². The van der Waals surface area contributed by atoms with E-state index in [0.29, 0.717) is 18.6 Å². The number of carbonyl (C=O) groups excluding carboxylic acids is 1. The molecular weight excluding hydrogens is 186 g/mol. The number of Topliss-reactive ketones (excluding diaryl/α,β-unsaturated/α-hetero) is 1. The third kappa shape index (κ3) is 5.31. The second-order valence-corrected chi connectivity index (χ2v) is 3.85. The lowest BCUT2D eigenvalue weighted by atomic mass is 10.1. The summed E-state index contributed by atoms with van der Waals surface area (Å²) in [6.07, 6.45) is 7.58. The lowest BCUT2D eigenvalue weighted by Gasteiger charge is -2.00. The Labute approximate surface area is 91.7 Å². The first-order valence-corrected chi connectivity index (χ1v) is 5.74. The average Bonchev–Trinajstić information content (AvgIpc) is 2.26. The quantitative estimate of drug-likeness (QED) is 0.640. The molecule has 0 N–H and O–H groups in total. The third-order valence-electron chi connectivity index (χ3n) is 2.41. The molecule has 0 aliphatic heterocycles. The summed E-state index contributed by atoms with van der Waals surface area (Å²) in [7, 11) is 0. The van der Waals surface area contributed by atoms with E-state index in [9.17, 15) is 4.79 Å². The van der Waals surface area contributed by atoms with Gasteiger partial charge in [0.1, 0.15) is 5.78 Å². The minimum absolute atomic E-state index is 0.310. The van der Waals surface area contributed by atoms with Gasteiger partial charge in [-0.2, -0.15) is 0 Å². The van der Waals surface area contributed by atoms with E-state index in [0.717, 1.165) is 12.1 Å². The van der Waals surface area contributed by atoms with Gasteiger partial charge >= 0.3 is 0 Å². The Morgan fingerprint density at radius 2 is 2.13 bits per heavy atom. The van der Waals surface area contributed by atoms with Crippen LogP contribution in [-0.4, -0.2) is 10.8 Å². The van der Waals surface area contributed by atoms with Crippen molar-refractivity contribution < 1.29 is 4.79 Å². The number of ketones is 1. The molecule has 0 aliphatic rings. The van der Waals surface area contributed by atoms with Crippen LogP contribution in [0.5, 0.6) is 0 Å². The molecule has 0 unspecified atom stereocenters. The van der Waals surface area contributed by atoms with Gasteiger partial charge in [-0.1, -0.05) is 32.3 Å². The second kappa shape index (κ2) is 7.16. The summed E-state index contributed by atoms with van der Waals surface area (Å²) < 4.78 is 0. The molecule has 0 atom stereocenters. The molecule has 2 nitrogen and oxygen atoms in total. The molecule has 0 saturated heterocycles. The highest BCUT2D eigenvalue weighted by molar-refractivity contribution is 5.80. The lowest BCUT2D eigenvalue weighted by Crippen LogP contribution is -2.03. The van der Waals surface area contributed by atoms with E-state index in [2.05, 4.69) is 11.9 Å². The SMILES string of the molecule is CCCCCCC(=O)Cc1ccccn1. The van der Waals surface area contributed by atoms with Crippen molar-refractivity contribution in [2.45, 2.75) is 45.4 Å². The second-order valence-electron chi connectivity index (χ2n) is 3.85. The van der Waals surface area contributed by atoms with Crippen LogP contribution in [-0.2, 0) is 11.2 Å². The zero-order valence-corrected chi connectivity index (χ0v) is 9.41. The van der Waals surface area contributed by atoms with Gasteiger partial charge in [-0.25, -0.2) is 0 Å². The molecule has 2 heteroatoms. The standard InChI is InChI=1S/C13H19NO/c1-2-3-4-5-9-13(15)11-12-8-6-7-10-14-12/h6-8,10H,2-5,9,11H2,1H3. The topological polar surface area (TPSA) is 30.0 Å². The van der Waals surface area contributed by atoms with E-state index in [-0.39, 0.29) is 0 Å². The lowest BCUT2D eigenvalue weighted by molar-refractivity contribution is -0.118. The number of rotatable bonds is 7. The van der Waals surface area contributed by atoms with Crippen LogP contribution < -0.4 is 0 Å². The van der Waals surface area contributed by atoms with Crippen LogP contribution in [0.3, 0.4) is 0 Å². The minimum Gasteiger partial charge on any atom is -0.299 e. The van der Waals surface area contributed by atoms with Gasteiger partial charge in [-0.05, 0) is 18.6 Å². The monoisotopic (exact) mass is 205 g/mol. The van der Waals surface area contributed by atoms with Crippen LogP contribution in [0.25, 0.3) is 0 Å². The third-order valence-corrected chi connectivity index (χ3v) is 2.41. The van der Waals surface area contributed by atoms with Crippen LogP contribution >= 0.6 is 0 Å². The Kier molecular flexibility index (Phi) is 5.67. The van der Waals surface area contributed by atoms with Gasteiger partial charge in [-0.3, -0.25) is 9.78 Å².